The summed E-state index contributed by atoms with van der Waals surface area (Å²) >= 11 is 1.63. The van der Waals surface area contributed by atoms with E-state index < -0.39 is 5.60 Å². The zero-order valence-corrected chi connectivity index (χ0v) is 16.6. The number of carbonyl (C=O) groups excluding carboxylic acids is 1. The molecule has 0 radical (unpaired) electrons. The third-order valence-electron chi connectivity index (χ3n) is 5.03. The topological polar surface area (TPSA) is 68.7 Å². The van der Waals surface area contributed by atoms with E-state index >= 15 is 0 Å². The lowest BCUT2D eigenvalue weighted by atomic mass is 9.79. The number of hydrogen-bond acceptors (Lipinski definition) is 5. The Morgan fingerprint density at radius 3 is 2.60 bits per heavy atom. The second-order valence-corrected chi connectivity index (χ2v) is 9.62. The Morgan fingerprint density at radius 1 is 1.32 bits per heavy atom. The van der Waals surface area contributed by atoms with E-state index in [0.29, 0.717) is 19.6 Å². The van der Waals surface area contributed by atoms with Gasteiger partial charge < -0.3 is 10.0 Å². The summed E-state index contributed by atoms with van der Waals surface area (Å²) in [7, 11) is 0. The summed E-state index contributed by atoms with van der Waals surface area (Å²) in [4.78, 5) is 22.6. The average Bonchev–Trinajstić information content (AvgIpc) is 2.90. The second-order valence-electron chi connectivity index (χ2n) is 8.53. The predicted octanol–water partition coefficient (Wildman–Crippen LogP) is 2.68. The molecule has 2 aliphatic rings. The molecule has 6 nitrogen and oxygen atoms in total. The highest BCUT2D eigenvalue weighted by molar-refractivity contribution is 7.15. The summed E-state index contributed by atoms with van der Waals surface area (Å²) in [5.41, 5.74) is 0.571. The fourth-order valence-corrected chi connectivity index (χ4v) is 4.91. The van der Waals surface area contributed by atoms with E-state index in [1.807, 2.05) is 18.7 Å². The van der Waals surface area contributed by atoms with Crippen LogP contribution in [0.25, 0.3) is 0 Å². The quantitative estimate of drug-likeness (QED) is 0.863. The van der Waals surface area contributed by atoms with Gasteiger partial charge >= 0.3 is 6.03 Å². The highest BCUT2D eigenvalue weighted by atomic mass is 32.1. The summed E-state index contributed by atoms with van der Waals surface area (Å²) in [6.45, 7) is 11.7. The molecule has 2 N–H and O–H groups in total. The number of rotatable bonds is 3. The van der Waals surface area contributed by atoms with Crippen molar-refractivity contribution in [2.45, 2.75) is 58.0 Å². The van der Waals surface area contributed by atoms with Crippen molar-refractivity contribution < 1.29 is 9.90 Å². The van der Waals surface area contributed by atoms with Crippen LogP contribution in [-0.2, 0) is 11.8 Å². The van der Waals surface area contributed by atoms with Gasteiger partial charge in [-0.15, -0.1) is 11.3 Å². The molecule has 0 bridgehead atoms. The van der Waals surface area contributed by atoms with Gasteiger partial charge in [0.2, 0.25) is 0 Å². The first-order valence-corrected chi connectivity index (χ1v) is 9.97. The number of carbonyl (C=O) groups is 1. The first-order valence-electron chi connectivity index (χ1n) is 9.15. The Bertz CT molecular complexity index is 628. The number of hydrogen-bond donors (Lipinski definition) is 2. The molecule has 2 amide bonds. The highest BCUT2D eigenvalue weighted by Gasteiger charge is 2.32. The Kier molecular flexibility index (Phi) is 5.10. The third-order valence-corrected chi connectivity index (χ3v) is 6.06. The molecule has 0 aromatic carbocycles. The van der Waals surface area contributed by atoms with Gasteiger partial charge in [0.1, 0.15) is 0 Å². The summed E-state index contributed by atoms with van der Waals surface area (Å²) in [5.74, 6) is 0. The highest BCUT2D eigenvalue weighted by Crippen LogP contribution is 2.40. The molecule has 1 aliphatic carbocycles. The third kappa shape index (κ3) is 4.51. The second kappa shape index (κ2) is 6.85. The van der Waals surface area contributed by atoms with Crippen molar-refractivity contribution in [3.8, 4) is 0 Å². The minimum atomic E-state index is -0.697. The zero-order chi connectivity index (χ0) is 18.2. The number of thiazole rings is 1. The molecule has 0 saturated carbocycles. The van der Waals surface area contributed by atoms with E-state index in [4.69, 9.17) is 4.98 Å². The molecule has 1 fully saturated rings. The van der Waals surface area contributed by atoms with Crippen molar-refractivity contribution in [1.82, 2.24) is 14.8 Å². The lowest BCUT2D eigenvalue weighted by Gasteiger charge is -2.37. The minimum absolute atomic E-state index is 0.0631. The van der Waals surface area contributed by atoms with Gasteiger partial charge in [0.05, 0.1) is 11.3 Å². The fourth-order valence-electron chi connectivity index (χ4n) is 3.74. The molecular formula is C18H30N4O2S. The van der Waals surface area contributed by atoms with Crippen LogP contribution < -0.4 is 5.32 Å². The number of nitrogens with one attached hydrogen (secondary N) is 1. The molecule has 1 saturated heterocycles. The number of piperazine rings is 1. The number of aryl methyl sites for hydroxylation is 1. The van der Waals surface area contributed by atoms with Crippen molar-refractivity contribution in [3.05, 3.63) is 10.6 Å². The van der Waals surface area contributed by atoms with Crippen LogP contribution >= 0.6 is 11.3 Å². The Labute approximate surface area is 154 Å². The lowest BCUT2D eigenvalue weighted by molar-refractivity contribution is 0.0231. The van der Waals surface area contributed by atoms with Crippen LogP contribution in [0.4, 0.5) is 9.93 Å². The van der Waals surface area contributed by atoms with Crippen LogP contribution in [0.15, 0.2) is 0 Å². The van der Waals surface area contributed by atoms with E-state index in [2.05, 4.69) is 24.1 Å². The molecule has 0 unspecified atom stereocenters. The van der Waals surface area contributed by atoms with Crippen molar-refractivity contribution in [2.75, 3.05) is 38.0 Å². The first kappa shape index (κ1) is 18.6. The lowest BCUT2D eigenvalue weighted by Crippen LogP contribution is -2.52. The summed E-state index contributed by atoms with van der Waals surface area (Å²) in [6, 6.07) is -0.0631. The maximum absolute atomic E-state index is 12.5. The van der Waals surface area contributed by atoms with Crippen LogP contribution in [0.5, 0.6) is 0 Å². The van der Waals surface area contributed by atoms with E-state index in [1.54, 1.807) is 11.3 Å². The molecule has 0 spiro atoms. The van der Waals surface area contributed by atoms with Crippen LogP contribution in [-0.4, -0.2) is 64.2 Å². The van der Waals surface area contributed by atoms with Gasteiger partial charge in [0.25, 0.3) is 0 Å². The maximum Gasteiger partial charge on any atom is 0.323 e. The summed E-state index contributed by atoms with van der Waals surface area (Å²) in [6.07, 6.45) is 3.42. The maximum atomic E-state index is 12.5. The molecule has 7 heteroatoms. The molecule has 3 rings (SSSR count). The molecule has 1 aliphatic heterocycles. The molecule has 140 valence electrons. The monoisotopic (exact) mass is 366 g/mol. The van der Waals surface area contributed by atoms with Gasteiger partial charge in [-0.2, -0.15) is 0 Å². The number of aliphatic hydroxyl groups is 1. The normalized spacial score (nSPS) is 21.1. The largest absolute Gasteiger partial charge is 0.389 e. The first-order chi connectivity index (χ1) is 11.6. The van der Waals surface area contributed by atoms with Crippen molar-refractivity contribution in [1.29, 1.82) is 0 Å². The van der Waals surface area contributed by atoms with Gasteiger partial charge in [-0.25, -0.2) is 9.78 Å². The SMILES string of the molecule is CC(C)(O)CN1CCN(C(=O)Nc2nc3c(s2)CCCC3(C)C)CC1. The van der Waals surface area contributed by atoms with Crippen LogP contribution in [0.1, 0.15) is 51.1 Å². The van der Waals surface area contributed by atoms with E-state index in [1.165, 1.54) is 11.3 Å². The van der Waals surface area contributed by atoms with E-state index in [-0.39, 0.29) is 11.4 Å². The molecule has 0 atom stereocenters. The minimum Gasteiger partial charge on any atom is -0.389 e. The van der Waals surface area contributed by atoms with Crippen molar-refractivity contribution in [2.24, 2.45) is 0 Å². The number of anilines is 1. The Morgan fingerprint density at radius 2 is 2.00 bits per heavy atom. The zero-order valence-electron chi connectivity index (χ0n) is 15.8. The fraction of sp³-hybridized carbons (Fsp3) is 0.778. The molecule has 2 heterocycles. The van der Waals surface area contributed by atoms with Crippen LogP contribution in [0.2, 0.25) is 0 Å². The van der Waals surface area contributed by atoms with Gasteiger partial charge in [0, 0.05) is 43.0 Å². The smallest absolute Gasteiger partial charge is 0.323 e. The van der Waals surface area contributed by atoms with Crippen molar-refractivity contribution >= 4 is 22.5 Å². The number of urea groups is 1. The molecular weight excluding hydrogens is 336 g/mol. The number of fused-ring (bicyclic) bond motifs is 1. The summed E-state index contributed by atoms with van der Waals surface area (Å²) in [5, 5.41) is 13.6. The standard InChI is InChI=1S/C18H30N4O2S/c1-17(2)7-5-6-13-14(17)19-15(25-13)20-16(23)22-10-8-21(9-11-22)12-18(3,4)24/h24H,5-12H2,1-4H3,(H,19,20,23). The number of amides is 2. The van der Waals surface area contributed by atoms with Gasteiger partial charge in [0.15, 0.2) is 5.13 Å². The van der Waals surface area contributed by atoms with Crippen LogP contribution in [0.3, 0.4) is 0 Å². The number of nitrogens with zero attached hydrogens (tertiary/aromatic N) is 3. The van der Waals surface area contributed by atoms with Crippen molar-refractivity contribution in [3.63, 3.8) is 0 Å². The van der Waals surface area contributed by atoms with E-state index in [9.17, 15) is 9.90 Å². The number of β-amino-alcohol motifs (C(OH)–C–C–N with tert-alkyl or cyclic N) is 1. The van der Waals surface area contributed by atoms with Gasteiger partial charge in [-0.1, -0.05) is 13.8 Å². The molecule has 1 aromatic rings. The Hall–Kier alpha value is -1.18. The molecule has 25 heavy (non-hydrogen) atoms. The Balaban J connectivity index is 1.56. The predicted molar refractivity (Wildman–Crippen MR) is 101 cm³/mol. The summed E-state index contributed by atoms with van der Waals surface area (Å²) < 4.78 is 0. The van der Waals surface area contributed by atoms with Gasteiger partial charge in [-0.05, 0) is 33.1 Å². The molecule has 1 aromatic heterocycles. The average molecular weight is 367 g/mol. The number of aromatic nitrogens is 1. The van der Waals surface area contributed by atoms with Gasteiger partial charge in [-0.3, -0.25) is 10.2 Å². The van der Waals surface area contributed by atoms with E-state index in [0.717, 1.165) is 36.8 Å². The van der Waals surface area contributed by atoms with Crippen LogP contribution in [0, 0.1) is 0 Å².